The normalized spacial score (nSPS) is 15.2. The molecule has 32 heavy (non-hydrogen) atoms. The van der Waals surface area contributed by atoms with Crippen LogP contribution in [0.25, 0.3) is 11.6 Å². The van der Waals surface area contributed by atoms with Crippen LogP contribution >= 0.6 is 15.9 Å². The van der Waals surface area contributed by atoms with Crippen LogP contribution in [0.2, 0.25) is 0 Å². The average molecular weight is 503 g/mol. The summed E-state index contributed by atoms with van der Waals surface area (Å²) in [4.78, 5) is 38.9. The maximum Gasteiger partial charge on any atom is 0.337 e. The van der Waals surface area contributed by atoms with E-state index in [4.69, 9.17) is 5.73 Å². The summed E-state index contributed by atoms with van der Waals surface area (Å²) in [7, 11) is 0. The van der Waals surface area contributed by atoms with Crippen LogP contribution in [0.15, 0.2) is 22.7 Å². The average Bonchev–Trinajstić information content (AvgIpc) is 3.15. The summed E-state index contributed by atoms with van der Waals surface area (Å²) in [6.45, 7) is 8.65. The molecule has 0 saturated carbocycles. The smallest absolute Gasteiger partial charge is 0.337 e. The predicted octanol–water partition coefficient (Wildman–Crippen LogP) is 3.77. The van der Waals surface area contributed by atoms with Gasteiger partial charge in [-0.1, -0.05) is 29.8 Å². The molecule has 170 valence electrons. The second-order valence-electron chi connectivity index (χ2n) is 7.72. The number of nitrogens with zero attached hydrogens (tertiary/aromatic N) is 2. The number of anilines is 1. The van der Waals surface area contributed by atoms with E-state index in [2.05, 4.69) is 21.2 Å². The number of nitrogens with two attached hydrogens (primary N) is 1. The highest BCUT2D eigenvalue weighted by atomic mass is 79.9. The molecule has 0 spiro atoms. The van der Waals surface area contributed by atoms with E-state index in [1.807, 2.05) is 41.5 Å². The molecule has 0 saturated heterocycles. The molecule has 1 unspecified atom stereocenters. The summed E-state index contributed by atoms with van der Waals surface area (Å²) in [6.07, 6.45) is 1.24. The van der Waals surface area contributed by atoms with Crippen molar-refractivity contribution in [3.63, 3.8) is 0 Å². The van der Waals surface area contributed by atoms with Crippen molar-refractivity contribution in [2.45, 2.75) is 40.3 Å². The Morgan fingerprint density at radius 2 is 1.94 bits per heavy atom. The zero-order chi connectivity index (χ0) is 23.7. The standard InChI is InChI=1S/C23H27BrN4O4/c1-5-27(6-2)20(11-19(25)29)28-13(4)21(23(31)32)12(3)18(28)10-16-15-9-14(24)7-8-17(15)26-22(16)30/h7-10,20H,5-6,11H2,1-4H3,(H2,25,29)(H,26,30)(H,31,32). The summed E-state index contributed by atoms with van der Waals surface area (Å²) in [5, 5.41) is 12.7. The van der Waals surface area contributed by atoms with Crippen LogP contribution in [-0.2, 0) is 9.59 Å². The van der Waals surface area contributed by atoms with Crippen LogP contribution in [0.5, 0.6) is 0 Å². The van der Waals surface area contributed by atoms with Crippen molar-refractivity contribution >= 4 is 51.1 Å². The van der Waals surface area contributed by atoms with E-state index in [0.717, 1.165) is 10.0 Å². The number of carboxylic acid groups (broad SMARTS) is 1. The molecule has 2 heterocycles. The lowest BCUT2D eigenvalue weighted by atomic mass is 10.0. The van der Waals surface area contributed by atoms with E-state index in [-0.39, 0.29) is 17.9 Å². The van der Waals surface area contributed by atoms with Gasteiger partial charge in [0.25, 0.3) is 5.91 Å². The lowest BCUT2D eigenvalue weighted by Crippen LogP contribution is -2.36. The number of nitrogens with one attached hydrogen (secondary N) is 1. The first-order chi connectivity index (χ1) is 15.1. The molecule has 0 radical (unpaired) electrons. The highest BCUT2D eigenvalue weighted by Gasteiger charge is 2.31. The number of carbonyl (C=O) groups excluding carboxylic acids is 2. The van der Waals surface area contributed by atoms with Crippen LogP contribution in [0, 0.1) is 13.8 Å². The number of benzene rings is 1. The van der Waals surface area contributed by atoms with E-state index >= 15 is 0 Å². The molecule has 1 atom stereocenters. The Hall–Kier alpha value is -2.91. The third-order valence-corrected chi connectivity index (χ3v) is 6.41. The van der Waals surface area contributed by atoms with Gasteiger partial charge in [-0.05, 0) is 56.8 Å². The van der Waals surface area contributed by atoms with Crippen LogP contribution in [0.3, 0.4) is 0 Å². The van der Waals surface area contributed by atoms with E-state index in [1.165, 1.54) is 0 Å². The fourth-order valence-electron chi connectivity index (χ4n) is 4.41. The summed E-state index contributed by atoms with van der Waals surface area (Å²) in [5.74, 6) is -1.82. The molecule has 3 rings (SSSR count). The number of fused-ring (bicyclic) bond motifs is 1. The van der Waals surface area contributed by atoms with E-state index < -0.39 is 18.0 Å². The van der Waals surface area contributed by atoms with E-state index in [0.29, 0.717) is 41.3 Å². The molecule has 8 nitrogen and oxygen atoms in total. The first-order valence-electron chi connectivity index (χ1n) is 10.4. The monoisotopic (exact) mass is 502 g/mol. The molecule has 0 fully saturated rings. The van der Waals surface area contributed by atoms with Gasteiger partial charge in [0.1, 0.15) is 0 Å². The number of amides is 2. The first kappa shape index (κ1) is 23.7. The van der Waals surface area contributed by atoms with Gasteiger partial charge in [0.2, 0.25) is 5.91 Å². The zero-order valence-corrected chi connectivity index (χ0v) is 20.1. The minimum Gasteiger partial charge on any atom is -0.478 e. The van der Waals surface area contributed by atoms with Gasteiger partial charge in [-0.2, -0.15) is 0 Å². The fraction of sp³-hybridized carbons (Fsp3) is 0.348. The van der Waals surface area contributed by atoms with Crippen molar-refractivity contribution in [2.24, 2.45) is 5.73 Å². The first-order valence-corrected chi connectivity index (χ1v) is 11.2. The Kier molecular flexibility index (Phi) is 6.90. The number of rotatable bonds is 8. The summed E-state index contributed by atoms with van der Waals surface area (Å²) in [6, 6.07) is 5.49. The third-order valence-electron chi connectivity index (χ3n) is 5.92. The van der Waals surface area contributed by atoms with Crippen molar-refractivity contribution in [3.05, 3.63) is 50.8 Å². The van der Waals surface area contributed by atoms with Crippen molar-refractivity contribution < 1.29 is 19.5 Å². The molecule has 4 N–H and O–H groups in total. The number of hydrogen-bond acceptors (Lipinski definition) is 4. The second kappa shape index (κ2) is 9.30. The van der Waals surface area contributed by atoms with Crippen LogP contribution < -0.4 is 11.1 Å². The molecular formula is C23H27BrN4O4. The van der Waals surface area contributed by atoms with E-state index in [1.54, 1.807) is 19.9 Å². The highest BCUT2D eigenvalue weighted by molar-refractivity contribution is 9.10. The topological polar surface area (TPSA) is 118 Å². The number of carboxylic acids is 1. The molecule has 0 aliphatic carbocycles. The van der Waals surface area contributed by atoms with Crippen molar-refractivity contribution in [2.75, 3.05) is 18.4 Å². The van der Waals surface area contributed by atoms with Gasteiger partial charge in [0.15, 0.2) is 0 Å². The van der Waals surface area contributed by atoms with Gasteiger partial charge in [0.05, 0.1) is 23.7 Å². The number of halogens is 1. The number of aromatic carboxylic acids is 1. The molecular weight excluding hydrogens is 476 g/mol. The lowest BCUT2D eigenvalue weighted by molar-refractivity contribution is -0.120. The molecule has 1 aromatic heterocycles. The minimum atomic E-state index is -1.06. The maximum absolute atomic E-state index is 12.8. The zero-order valence-electron chi connectivity index (χ0n) is 18.5. The van der Waals surface area contributed by atoms with Crippen molar-refractivity contribution in [1.82, 2.24) is 9.47 Å². The summed E-state index contributed by atoms with van der Waals surface area (Å²) < 4.78 is 2.65. The molecule has 9 heteroatoms. The summed E-state index contributed by atoms with van der Waals surface area (Å²) in [5.41, 5.74) is 9.17. The van der Waals surface area contributed by atoms with Gasteiger partial charge in [0, 0.05) is 27.1 Å². The Labute approximate surface area is 195 Å². The largest absolute Gasteiger partial charge is 0.478 e. The van der Waals surface area contributed by atoms with Gasteiger partial charge in [-0.25, -0.2) is 4.79 Å². The number of primary amides is 1. The second-order valence-corrected chi connectivity index (χ2v) is 8.64. The predicted molar refractivity (Wildman–Crippen MR) is 127 cm³/mol. The van der Waals surface area contributed by atoms with Crippen LogP contribution in [0.1, 0.15) is 59.3 Å². The Morgan fingerprint density at radius 1 is 1.28 bits per heavy atom. The highest BCUT2D eigenvalue weighted by Crippen LogP contribution is 2.38. The van der Waals surface area contributed by atoms with Gasteiger partial charge in [-0.15, -0.1) is 0 Å². The Bertz CT molecular complexity index is 1130. The SMILES string of the molecule is CCN(CC)C(CC(N)=O)n1c(C)c(C(=O)O)c(C)c1C=C1C(=O)Nc2ccc(Br)cc21. The molecule has 1 aliphatic heterocycles. The van der Waals surface area contributed by atoms with Crippen LogP contribution in [0.4, 0.5) is 5.69 Å². The van der Waals surface area contributed by atoms with Gasteiger partial charge < -0.3 is 20.7 Å². The summed E-state index contributed by atoms with van der Waals surface area (Å²) >= 11 is 3.44. The van der Waals surface area contributed by atoms with E-state index in [9.17, 15) is 19.5 Å². The third kappa shape index (κ3) is 4.22. The molecule has 2 amide bonds. The lowest BCUT2D eigenvalue weighted by Gasteiger charge is -2.32. The molecule has 2 aromatic rings. The van der Waals surface area contributed by atoms with Gasteiger partial charge in [-0.3, -0.25) is 14.5 Å². The van der Waals surface area contributed by atoms with Crippen LogP contribution in [-0.4, -0.2) is 45.4 Å². The molecule has 0 bridgehead atoms. The fourth-order valence-corrected chi connectivity index (χ4v) is 4.77. The maximum atomic E-state index is 12.8. The van der Waals surface area contributed by atoms with Crippen molar-refractivity contribution in [3.8, 4) is 0 Å². The number of hydrogen-bond donors (Lipinski definition) is 3. The number of carbonyl (C=O) groups is 3. The quantitative estimate of drug-likeness (QED) is 0.474. The minimum absolute atomic E-state index is 0.0141. The number of aromatic nitrogens is 1. The Balaban J connectivity index is 2.31. The Morgan fingerprint density at radius 3 is 2.50 bits per heavy atom. The van der Waals surface area contributed by atoms with Crippen molar-refractivity contribution in [1.29, 1.82) is 0 Å². The molecule has 1 aromatic carbocycles. The van der Waals surface area contributed by atoms with Gasteiger partial charge >= 0.3 is 5.97 Å². The molecule has 1 aliphatic rings.